The highest BCUT2D eigenvalue weighted by Gasteiger charge is 2.37. The van der Waals surface area contributed by atoms with E-state index in [1.54, 1.807) is 0 Å². The van der Waals surface area contributed by atoms with Crippen molar-refractivity contribution in [3.8, 4) is 0 Å². The molecule has 0 atom stereocenters. The van der Waals surface area contributed by atoms with Gasteiger partial charge in [0.2, 0.25) is 30.1 Å². The van der Waals surface area contributed by atoms with Crippen LogP contribution in [0.3, 0.4) is 0 Å². The van der Waals surface area contributed by atoms with Crippen LogP contribution in [-0.2, 0) is 34.8 Å². The SMILES string of the molecule is CCOC(=O)c1c(Cl)ccc(N(S(=O)(=O)CCCF)S(=O)(=O)CCCF)c1F.O=C(O)c1c(Cl)ccc(NS(=O)(=O)CCCF)c1F. The van der Waals surface area contributed by atoms with Crippen LogP contribution in [0.2, 0.25) is 10.0 Å². The van der Waals surface area contributed by atoms with Gasteiger partial charge in [0, 0.05) is 0 Å². The number of anilines is 2. The number of rotatable bonds is 17. The van der Waals surface area contributed by atoms with Crippen LogP contribution in [0.1, 0.15) is 46.9 Å². The van der Waals surface area contributed by atoms with Gasteiger partial charge in [0.1, 0.15) is 16.8 Å². The first-order valence-corrected chi connectivity index (χ1v) is 18.7. The summed E-state index contributed by atoms with van der Waals surface area (Å²) in [6, 6.07) is 3.73. The maximum absolute atomic E-state index is 15.0. The van der Waals surface area contributed by atoms with Crippen molar-refractivity contribution in [3.05, 3.63) is 57.1 Å². The average molecular weight is 780 g/mol. The van der Waals surface area contributed by atoms with Crippen LogP contribution in [0.15, 0.2) is 24.3 Å². The first-order valence-electron chi connectivity index (χ1n) is 13.1. The minimum atomic E-state index is -4.77. The lowest BCUT2D eigenvalue weighted by Gasteiger charge is -2.25. The summed E-state index contributed by atoms with van der Waals surface area (Å²) in [6.07, 6.45) is -1.33. The number of hydrogen-bond donors (Lipinski definition) is 2. The molecule has 0 bridgehead atoms. The zero-order valence-corrected chi connectivity index (χ0v) is 28.3. The second-order valence-electron chi connectivity index (χ2n) is 8.94. The number of esters is 1. The Balaban J connectivity index is 0.000000506. The van der Waals surface area contributed by atoms with Crippen LogP contribution in [0.5, 0.6) is 0 Å². The van der Waals surface area contributed by atoms with Gasteiger partial charge in [-0.25, -0.2) is 43.6 Å². The number of nitrogens with one attached hydrogen (secondary N) is 1. The standard InChI is InChI=1S/C15H19ClF3NO6S2.C10H10ClF2NO4S/c1-2-26-15(21)13-11(16)5-6-12(14(13)19)20(27(22,23)9-3-7-17)28(24,25)10-4-8-18;11-6-2-3-7(9(13)8(6)10(15)16)14-19(17,18)5-1-4-12/h5-6H,2-4,7-10H2,1H3;2-3,14H,1,4-5H2,(H,15,16). The number of carboxylic acids is 1. The van der Waals surface area contributed by atoms with Gasteiger partial charge in [0.25, 0.3) is 0 Å². The Bertz CT molecular complexity index is 1710. The van der Waals surface area contributed by atoms with E-state index in [2.05, 4.69) is 4.74 Å². The number of ether oxygens (including phenoxy) is 1. The van der Waals surface area contributed by atoms with Crippen LogP contribution in [0.4, 0.5) is 33.3 Å². The maximum Gasteiger partial charge on any atom is 0.342 e. The zero-order valence-electron chi connectivity index (χ0n) is 24.3. The molecule has 0 amide bonds. The smallest absolute Gasteiger partial charge is 0.342 e. The Morgan fingerprint density at radius 1 is 0.787 bits per heavy atom. The molecule has 0 aliphatic heterocycles. The molecular formula is C25H29Cl2F5N2O10S3. The van der Waals surface area contributed by atoms with Crippen LogP contribution >= 0.6 is 23.2 Å². The molecule has 0 aromatic heterocycles. The van der Waals surface area contributed by atoms with Crippen LogP contribution in [0, 0.1) is 11.6 Å². The minimum absolute atomic E-state index is 0.147. The highest BCUT2D eigenvalue weighted by molar-refractivity contribution is 8.10. The van der Waals surface area contributed by atoms with Gasteiger partial charge in [-0.2, -0.15) is 3.71 Å². The fraction of sp³-hybridized carbons (Fsp3) is 0.440. The van der Waals surface area contributed by atoms with E-state index in [0.29, 0.717) is 0 Å². The molecule has 2 N–H and O–H groups in total. The first kappa shape index (κ1) is 42.1. The largest absolute Gasteiger partial charge is 0.478 e. The number of hydrogen-bond acceptors (Lipinski definition) is 9. The number of benzene rings is 2. The van der Waals surface area contributed by atoms with Crippen molar-refractivity contribution in [2.75, 3.05) is 52.3 Å². The van der Waals surface area contributed by atoms with Crippen molar-refractivity contribution in [1.29, 1.82) is 0 Å². The van der Waals surface area contributed by atoms with E-state index in [-0.39, 0.29) is 21.8 Å². The van der Waals surface area contributed by atoms with Crippen LogP contribution < -0.4 is 8.43 Å². The van der Waals surface area contributed by atoms with Crippen LogP contribution in [-0.4, -0.2) is 86.2 Å². The molecule has 0 radical (unpaired) electrons. The third-order valence-electron chi connectivity index (χ3n) is 5.44. The summed E-state index contributed by atoms with van der Waals surface area (Å²) in [5.41, 5.74) is -3.23. The molecule has 0 aliphatic carbocycles. The number of aromatic carboxylic acids is 1. The van der Waals surface area contributed by atoms with Crippen molar-refractivity contribution in [1.82, 2.24) is 0 Å². The second-order valence-corrected chi connectivity index (χ2v) is 15.7. The molecule has 0 saturated carbocycles. The van der Waals surface area contributed by atoms with E-state index < -0.39 is 131 Å². The summed E-state index contributed by atoms with van der Waals surface area (Å²) in [6.45, 7) is -1.66. The molecule has 0 unspecified atom stereocenters. The van der Waals surface area contributed by atoms with E-state index in [1.807, 2.05) is 4.72 Å². The molecule has 0 spiro atoms. The monoisotopic (exact) mass is 778 g/mol. The first-order chi connectivity index (χ1) is 21.8. The third kappa shape index (κ3) is 11.9. The van der Waals surface area contributed by atoms with E-state index in [0.717, 1.165) is 24.3 Å². The van der Waals surface area contributed by atoms with E-state index in [1.165, 1.54) is 6.92 Å². The minimum Gasteiger partial charge on any atom is -0.478 e. The van der Waals surface area contributed by atoms with Crippen LogP contribution in [0.25, 0.3) is 0 Å². The predicted molar refractivity (Wildman–Crippen MR) is 165 cm³/mol. The van der Waals surface area contributed by atoms with Crippen molar-refractivity contribution < 1.29 is 66.6 Å². The Morgan fingerprint density at radius 2 is 1.26 bits per heavy atom. The van der Waals surface area contributed by atoms with Gasteiger partial charge >= 0.3 is 11.9 Å². The van der Waals surface area contributed by atoms with Gasteiger partial charge in [-0.3, -0.25) is 17.9 Å². The number of carbonyl (C=O) groups excluding carboxylic acids is 1. The van der Waals surface area contributed by atoms with Gasteiger partial charge in [-0.1, -0.05) is 23.2 Å². The number of carboxylic acid groups (broad SMARTS) is 1. The number of nitrogens with zero attached hydrogens (tertiary/aromatic N) is 1. The molecule has 266 valence electrons. The quantitative estimate of drug-likeness (QED) is 0.162. The van der Waals surface area contributed by atoms with Gasteiger partial charge in [0.05, 0.1) is 59.6 Å². The lowest BCUT2D eigenvalue weighted by atomic mass is 10.2. The van der Waals surface area contributed by atoms with Gasteiger partial charge in [0.15, 0.2) is 11.6 Å². The molecule has 47 heavy (non-hydrogen) atoms. The maximum atomic E-state index is 15.0. The summed E-state index contributed by atoms with van der Waals surface area (Å²) >= 11 is 11.3. The number of sulfonamides is 3. The predicted octanol–water partition coefficient (Wildman–Crippen LogP) is 5.12. The summed E-state index contributed by atoms with van der Waals surface area (Å²) < 4.78 is 145. The molecule has 2 rings (SSSR count). The molecule has 0 heterocycles. The molecule has 22 heteroatoms. The number of alkyl halides is 3. The summed E-state index contributed by atoms with van der Waals surface area (Å²) in [5.74, 6) is -8.11. The highest BCUT2D eigenvalue weighted by atomic mass is 35.5. The molecule has 12 nitrogen and oxygen atoms in total. The summed E-state index contributed by atoms with van der Waals surface area (Å²) in [5, 5.41) is 7.98. The van der Waals surface area contributed by atoms with Gasteiger partial charge < -0.3 is 9.84 Å². The molecular weight excluding hydrogens is 750 g/mol. The number of carbonyl (C=O) groups is 2. The van der Waals surface area contributed by atoms with Crippen molar-refractivity contribution in [3.63, 3.8) is 0 Å². The molecule has 0 aliphatic rings. The highest BCUT2D eigenvalue weighted by Crippen LogP contribution is 2.33. The second kappa shape index (κ2) is 18.6. The Morgan fingerprint density at radius 3 is 1.72 bits per heavy atom. The lowest BCUT2D eigenvalue weighted by Crippen LogP contribution is -2.41. The Hall–Kier alpha value is -2.94. The van der Waals surface area contributed by atoms with Crippen molar-refractivity contribution in [2.45, 2.75) is 26.2 Å². The van der Waals surface area contributed by atoms with Gasteiger partial charge in [-0.15, -0.1) is 0 Å². The fourth-order valence-electron chi connectivity index (χ4n) is 3.48. The zero-order chi connectivity index (χ0) is 36.2. The Kier molecular flexibility index (Phi) is 16.6. The van der Waals surface area contributed by atoms with E-state index >= 15 is 0 Å². The topological polar surface area (TPSA) is 181 Å². The van der Waals surface area contributed by atoms with E-state index in [9.17, 15) is 56.8 Å². The normalized spacial score (nSPS) is 11.7. The molecule has 2 aromatic rings. The van der Waals surface area contributed by atoms with Crippen molar-refractivity contribution >= 4 is 76.6 Å². The lowest BCUT2D eigenvalue weighted by molar-refractivity contribution is 0.0520. The summed E-state index contributed by atoms with van der Waals surface area (Å²) in [4.78, 5) is 22.7. The molecule has 2 aromatic carbocycles. The number of halogens is 7. The van der Waals surface area contributed by atoms with Crippen molar-refractivity contribution in [2.24, 2.45) is 0 Å². The fourth-order valence-corrected chi connectivity index (χ4v) is 9.00. The third-order valence-corrected chi connectivity index (χ3v) is 11.8. The summed E-state index contributed by atoms with van der Waals surface area (Å²) in [7, 11) is -13.5. The van der Waals surface area contributed by atoms with Gasteiger partial charge in [-0.05, 0) is 50.5 Å². The van der Waals surface area contributed by atoms with E-state index in [4.69, 9.17) is 28.3 Å². The Labute approximate surface area is 277 Å². The molecule has 0 saturated heterocycles. The molecule has 0 fully saturated rings. The average Bonchev–Trinajstić information content (AvgIpc) is 2.97.